The Kier molecular flexibility index (Phi) is 3.03. The Hall–Kier alpha value is -0.200. The average molecular weight is 177 g/mol. The van der Waals surface area contributed by atoms with Crippen LogP contribution in [0, 0.1) is 0 Å². The molecule has 0 aromatic carbocycles. The fourth-order valence-electron chi connectivity index (χ4n) is 1.32. The van der Waals surface area contributed by atoms with Gasteiger partial charge in [-0.1, -0.05) is 0 Å². The van der Waals surface area contributed by atoms with Gasteiger partial charge in [-0.2, -0.15) is 0 Å². The lowest BCUT2D eigenvalue weighted by molar-refractivity contribution is -0.183. The molecule has 5 nitrogen and oxygen atoms in total. The lowest BCUT2D eigenvalue weighted by Crippen LogP contribution is -2.60. The number of aliphatic hydroxyl groups is 3. The van der Waals surface area contributed by atoms with Crippen LogP contribution in [0.4, 0.5) is 0 Å². The molecule has 5 heteroatoms. The molecule has 0 amide bonds. The first kappa shape index (κ1) is 9.88. The Bertz CT molecular complexity index is 150. The molecule has 1 aliphatic heterocycles. The summed E-state index contributed by atoms with van der Waals surface area (Å²) in [5.41, 5.74) is 5.51. The lowest BCUT2D eigenvalue weighted by Gasteiger charge is -2.39. The Balaban J connectivity index is 2.63. The van der Waals surface area contributed by atoms with Gasteiger partial charge >= 0.3 is 0 Å². The number of aliphatic hydroxyl groups excluding tert-OH is 3. The Morgan fingerprint density at radius 1 is 1.33 bits per heavy atom. The molecule has 72 valence electrons. The zero-order chi connectivity index (χ0) is 9.30. The van der Waals surface area contributed by atoms with Gasteiger partial charge in [0.1, 0.15) is 18.3 Å². The number of rotatable bonds is 1. The smallest absolute Gasteiger partial charge is 0.110 e. The van der Waals surface area contributed by atoms with Crippen molar-refractivity contribution in [2.45, 2.75) is 37.4 Å². The summed E-state index contributed by atoms with van der Waals surface area (Å²) in [4.78, 5) is 0. The van der Waals surface area contributed by atoms with Crippen molar-refractivity contribution in [3.63, 3.8) is 0 Å². The number of ether oxygens (including phenoxy) is 1. The fourth-order valence-corrected chi connectivity index (χ4v) is 1.32. The second kappa shape index (κ2) is 3.68. The second-order valence-corrected chi connectivity index (χ2v) is 3.12. The second-order valence-electron chi connectivity index (χ2n) is 3.12. The van der Waals surface area contributed by atoms with Crippen LogP contribution in [-0.2, 0) is 4.74 Å². The van der Waals surface area contributed by atoms with Crippen LogP contribution in [0.5, 0.6) is 0 Å². The number of nitrogens with two attached hydrogens (primary N) is 1. The highest BCUT2D eigenvalue weighted by Gasteiger charge is 2.40. The van der Waals surface area contributed by atoms with Gasteiger partial charge in [0.2, 0.25) is 0 Å². The van der Waals surface area contributed by atoms with E-state index in [0.29, 0.717) is 0 Å². The third kappa shape index (κ3) is 1.60. The van der Waals surface area contributed by atoms with E-state index in [2.05, 4.69) is 0 Å². The largest absolute Gasteiger partial charge is 0.394 e. The van der Waals surface area contributed by atoms with E-state index in [-0.39, 0.29) is 12.7 Å². The van der Waals surface area contributed by atoms with E-state index in [1.165, 1.54) is 0 Å². The fraction of sp³-hybridized carbons (Fsp3) is 1.00. The third-order valence-electron chi connectivity index (χ3n) is 2.24. The van der Waals surface area contributed by atoms with Gasteiger partial charge in [0.05, 0.1) is 18.8 Å². The molecule has 0 aromatic rings. The molecule has 1 heterocycles. The van der Waals surface area contributed by atoms with Crippen LogP contribution < -0.4 is 5.73 Å². The predicted molar refractivity (Wildman–Crippen MR) is 41.4 cm³/mol. The van der Waals surface area contributed by atoms with E-state index >= 15 is 0 Å². The van der Waals surface area contributed by atoms with Crippen molar-refractivity contribution >= 4 is 0 Å². The molecule has 1 fully saturated rings. The van der Waals surface area contributed by atoms with Gasteiger partial charge in [0.15, 0.2) is 0 Å². The molecule has 0 spiro atoms. The summed E-state index contributed by atoms with van der Waals surface area (Å²) in [6.07, 6.45) is -3.19. The normalized spacial score (nSPS) is 49.2. The molecule has 2 unspecified atom stereocenters. The zero-order valence-corrected chi connectivity index (χ0v) is 6.92. The summed E-state index contributed by atoms with van der Waals surface area (Å²) in [5.74, 6) is 0. The minimum atomic E-state index is -1.10. The van der Waals surface area contributed by atoms with Gasteiger partial charge in [-0.15, -0.1) is 0 Å². The molecule has 5 atom stereocenters. The van der Waals surface area contributed by atoms with Crippen molar-refractivity contribution in [2.24, 2.45) is 5.73 Å². The lowest BCUT2D eigenvalue weighted by atomic mass is 9.94. The molecule has 1 saturated heterocycles. The number of hydrogen-bond donors (Lipinski definition) is 4. The SMILES string of the molecule is C[C@H]1OC(CO)[C@@H](O)[C@@H](O)C1N. The predicted octanol–water partition coefficient (Wildman–Crippen LogP) is -2.18. The highest BCUT2D eigenvalue weighted by Crippen LogP contribution is 2.18. The molecule has 0 aliphatic carbocycles. The van der Waals surface area contributed by atoms with Crippen molar-refractivity contribution in [2.75, 3.05) is 6.61 Å². The molecular formula is C7H15NO4. The maximum absolute atomic E-state index is 9.35. The van der Waals surface area contributed by atoms with E-state index in [0.717, 1.165) is 0 Å². The van der Waals surface area contributed by atoms with Gasteiger partial charge in [-0.25, -0.2) is 0 Å². The summed E-state index contributed by atoms with van der Waals surface area (Å²) in [7, 11) is 0. The molecule has 1 rings (SSSR count). The molecule has 0 radical (unpaired) electrons. The van der Waals surface area contributed by atoms with Gasteiger partial charge in [0, 0.05) is 0 Å². The summed E-state index contributed by atoms with van der Waals surface area (Å²) in [6, 6.07) is -0.595. The minimum absolute atomic E-state index is 0.310. The molecule has 0 saturated carbocycles. The molecule has 12 heavy (non-hydrogen) atoms. The van der Waals surface area contributed by atoms with Crippen molar-refractivity contribution in [3.05, 3.63) is 0 Å². The zero-order valence-electron chi connectivity index (χ0n) is 6.92. The monoisotopic (exact) mass is 177 g/mol. The third-order valence-corrected chi connectivity index (χ3v) is 2.24. The van der Waals surface area contributed by atoms with Crippen LogP contribution in [0.3, 0.4) is 0 Å². The van der Waals surface area contributed by atoms with E-state index in [9.17, 15) is 10.2 Å². The quantitative estimate of drug-likeness (QED) is 0.365. The van der Waals surface area contributed by atoms with Crippen LogP contribution >= 0.6 is 0 Å². The summed E-state index contributed by atoms with van der Waals surface area (Å²) in [6.45, 7) is 1.39. The Morgan fingerprint density at radius 3 is 2.42 bits per heavy atom. The summed E-state index contributed by atoms with van der Waals surface area (Å²) < 4.78 is 5.15. The van der Waals surface area contributed by atoms with Crippen LogP contribution in [0.25, 0.3) is 0 Å². The van der Waals surface area contributed by atoms with Crippen LogP contribution in [-0.4, -0.2) is 52.4 Å². The molecule has 0 bridgehead atoms. The Labute approximate surface area is 70.8 Å². The van der Waals surface area contributed by atoms with E-state index < -0.39 is 24.4 Å². The van der Waals surface area contributed by atoms with E-state index in [4.69, 9.17) is 15.6 Å². The van der Waals surface area contributed by atoms with Crippen molar-refractivity contribution in [3.8, 4) is 0 Å². The maximum atomic E-state index is 9.35. The van der Waals surface area contributed by atoms with Gasteiger partial charge < -0.3 is 25.8 Å². The van der Waals surface area contributed by atoms with Crippen molar-refractivity contribution < 1.29 is 20.1 Å². The average Bonchev–Trinajstić information content (AvgIpc) is 2.08. The maximum Gasteiger partial charge on any atom is 0.110 e. The first-order valence-corrected chi connectivity index (χ1v) is 3.96. The topological polar surface area (TPSA) is 95.9 Å². The van der Waals surface area contributed by atoms with Gasteiger partial charge in [-0.3, -0.25) is 0 Å². The molecular weight excluding hydrogens is 162 g/mol. The van der Waals surface area contributed by atoms with Crippen molar-refractivity contribution in [1.82, 2.24) is 0 Å². The van der Waals surface area contributed by atoms with E-state index in [1.54, 1.807) is 6.92 Å². The molecule has 0 aromatic heterocycles. The highest BCUT2D eigenvalue weighted by molar-refractivity contribution is 4.92. The minimum Gasteiger partial charge on any atom is -0.394 e. The first-order chi connectivity index (χ1) is 5.57. The highest BCUT2D eigenvalue weighted by atomic mass is 16.5. The van der Waals surface area contributed by atoms with Crippen LogP contribution in [0.1, 0.15) is 6.92 Å². The standard InChI is InChI=1S/C7H15NO4/c1-3-5(8)7(11)6(10)4(2-9)12-3/h3-7,9-11H,2,8H2,1H3/t3-,4?,5?,6-,7+/m1/s1. The van der Waals surface area contributed by atoms with Crippen LogP contribution in [0.15, 0.2) is 0 Å². The number of hydrogen-bond acceptors (Lipinski definition) is 5. The molecule has 1 aliphatic rings. The first-order valence-electron chi connectivity index (χ1n) is 3.96. The van der Waals surface area contributed by atoms with Gasteiger partial charge in [0.25, 0.3) is 0 Å². The Morgan fingerprint density at radius 2 is 1.92 bits per heavy atom. The van der Waals surface area contributed by atoms with Crippen molar-refractivity contribution in [1.29, 1.82) is 0 Å². The molecule has 5 N–H and O–H groups in total. The van der Waals surface area contributed by atoms with Gasteiger partial charge in [-0.05, 0) is 6.92 Å². The van der Waals surface area contributed by atoms with E-state index in [1.807, 2.05) is 0 Å². The summed E-state index contributed by atoms with van der Waals surface area (Å²) in [5, 5.41) is 27.4. The summed E-state index contributed by atoms with van der Waals surface area (Å²) >= 11 is 0. The van der Waals surface area contributed by atoms with Crippen LogP contribution in [0.2, 0.25) is 0 Å².